The van der Waals surface area contributed by atoms with E-state index in [2.05, 4.69) is 4.98 Å². The van der Waals surface area contributed by atoms with E-state index in [1.165, 1.54) is 17.8 Å². The molecular weight excluding hydrogens is 369 g/mol. The summed E-state index contributed by atoms with van der Waals surface area (Å²) in [5.41, 5.74) is -0.773. The van der Waals surface area contributed by atoms with Crippen molar-refractivity contribution in [2.75, 3.05) is 49.9 Å². The number of piperazine rings is 1. The molecule has 3 heterocycles. The molecule has 10 heteroatoms. The Kier molecular flexibility index (Phi) is 5.59. The number of carbonyl (C=O) groups is 2. The van der Waals surface area contributed by atoms with Crippen LogP contribution in [0.25, 0.3) is 0 Å². The first-order chi connectivity index (χ1) is 12.3. The Bertz CT molecular complexity index is 660. The SMILES string of the molecule is O=C(CCN1CCSC1=O)N1CCN(c2ccc(C(F)(F)F)cn2)CC1. The smallest absolute Gasteiger partial charge is 0.353 e. The van der Waals surface area contributed by atoms with Crippen LogP contribution in [0, 0.1) is 0 Å². The molecule has 0 saturated carbocycles. The molecule has 0 atom stereocenters. The third kappa shape index (κ3) is 4.40. The number of amides is 2. The molecule has 2 fully saturated rings. The van der Waals surface area contributed by atoms with Crippen molar-refractivity contribution >= 4 is 28.7 Å². The monoisotopic (exact) mass is 388 g/mol. The summed E-state index contributed by atoms with van der Waals surface area (Å²) < 4.78 is 37.8. The molecular formula is C16H19F3N4O2S. The highest BCUT2D eigenvalue weighted by Crippen LogP contribution is 2.29. The minimum Gasteiger partial charge on any atom is -0.353 e. The van der Waals surface area contributed by atoms with E-state index in [1.807, 2.05) is 4.90 Å². The van der Waals surface area contributed by atoms with Crippen LogP contribution in [0.2, 0.25) is 0 Å². The molecule has 6 nitrogen and oxygen atoms in total. The highest BCUT2D eigenvalue weighted by atomic mass is 32.2. The predicted octanol–water partition coefficient (Wildman–Crippen LogP) is 2.31. The molecule has 26 heavy (non-hydrogen) atoms. The van der Waals surface area contributed by atoms with Gasteiger partial charge in [-0.1, -0.05) is 11.8 Å². The molecule has 1 aromatic rings. The van der Waals surface area contributed by atoms with Crippen molar-refractivity contribution in [3.8, 4) is 0 Å². The number of anilines is 1. The quantitative estimate of drug-likeness (QED) is 0.792. The average molecular weight is 388 g/mol. The summed E-state index contributed by atoms with van der Waals surface area (Å²) in [6.45, 7) is 3.13. The first kappa shape index (κ1) is 18.8. The maximum Gasteiger partial charge on any atom is 0.417 e. The maximum absolute atomic E-state index is 12.6. The zero-order chi connectivity index (χ0) is 18.7. The lowest BCUT2D eigenvalue weighted by Crippen LogP contribution is -2.49. The third-order valence-corrected chi connectivity index (χ3v) is 5.36. The van der Waals surface area contributed by atoms with Crippen LogP contribution in [0.5, 0.6) is 0 Å². The van der Waals surface area contributed by atoms with E-state index in [0.717, 1.165) is 18.0 Å². The average Bonchev–Trinajstić information content (AvgIpc) is 3.04. The maximum atomic E-state index is 12.6. The number of hydrogen-bond acceptors (Lipinski definition) is 5. The highest BCUT2D eigenvalue weighted by Gasteiger charge is 2.31. The lowest BCUT2D eigenvalue weighted by Gasteiger charge is -2.35. The van der Waals surface area contributed by atoms with E-state index in [4.69, 9.17) is 0 Å². The van der Waals surface area contributed by atoms with Crippen LogP contribution in [0.4, 0.5) is 23.8 Å². The van der Waals surface area contributed by atoms with Crippen molar-refractivity contribution < 1.29 is 22.8 Å². The van der Waals surface area contributed by atoms with Crippen LogP contribution in [-0.4, -0.2) is 71.0 Å². The molecule has 0 unspecified atom stereocenters. The van der Waals surface area contributed by atoms with Crippen LogP contribution >= 0.6 is 11.8 Å². The fraction of sp³-hybridized carbons (Fsp3) is 0.562. The first-order valence-corrected chi connectivity index (χ1v) is 9.31. The van der Waals surface area contributed by atoms with Crippen molar-refractivity contribution in [1.82, 2.24) is 14.8 Å². The summed E-state index contributed by atoms with van der Waals surface area (Å²) in [6, 6.07) is 2.38. The fourth-order valence-corrected chi connectivity index (χ4v) is 3.79. The Labute approximate surface area is 153 Å². The molecule has 0 aliphatic carbocycles. The van der Waals surface area contributed by atoms with Gasteiger partial charge in [-0.2, -0.15) is 13.2 Å². The minimum absolute atomic E-state index is 0.00488. The summed E-state index contributed by atoms with van der Waals surface area (Å²) in [6.07, 6.45) is -3.27. The van der Waals surface area contributed by atoms with Crippen LogP contribution in [0.15, 0.2) is 18.3 Å². The lowest BCUT2D eigenvalue weighted by molar-refractivity contribution is -0.138. The van der Waals surface area contributed by atoms with E-state index < -0.39 is 11.7 Å². The number of carbonyl (C=O) groups excluding carboxylic acids is 2. The lowest BCUT2D eigenvalue weighted by atomic mass is 10.2. The molecule has 2 amide bonds. The van der Waals surface area contributed by atoms with Crippen LogP contribution in [0.1, 0.15) is 12.0 Å². The molecule has 3 rings (SSSR count). The Morgan fingerprint density at radius 1 is 1.15 bits per heavy atom. The van der Waals surface area contributed by atoms with Crippen molar-refractivity contribution in [2.45, 2.75) is 12.6 Å². The van der Waals surface area contributed by atoms with Gasteiger partial charge in [0, 0.05) is 57.6 Å². The Balaban J connectivity index is 1.47. The van der Waals surface area contributed by atoms with E-state index in [0.29, 0.717) is 51.5 Å². The molecule has 0 aromatic carbocycles. The van der Waals surface area contributed by atoms with Crippen molar-refractivity contribution in [3.63, 3.8) is 0 Å². The zero-order valence-corrected chi connectivity index (χ0v) is 14.9. The Morgan fingerprint density at radius 3 is 2.42 bits per heavy atom. The second-order valence-electron chi connectivity index (χ2n) is 6.12. The second-order valence-corrected chi connectivity index (χ2v) is 7.17. The molecule has 0 spiro atoms. The first-order valence-electron chi connectivity index (χ1n) is 8.32. The number of nitrogens with zero attached hydrogens (tertiary/aromatic N) is 4. The largest absolute Gasteiger partial charge is 0.417 e. The van der Waals surface area contributed by atoms with Gasteiger partial charge in [-0.3, -0.25) is 9.59 Å². The van der Waals surface area contributed by atoms with Crippen LogP contribution < -0.4 is 4.90 Å². The van der Waals surface area contributed by atoms with E-state index >= 15 is 0 Å². The number of thioether (sulfide) groups is 1. The Morgan fingerprint density at radius 2 is 1.88 bits per heavy atom. The van der Waals surface area contributed by atoms with Gasteiger partial charge < -0.3 is 14.7 Å². The predicted molar refractivity (Wildman–Crippen MR) is 92.1 cm³/mol. The van der Waals surface area contributed by atoms with Crippen LogP contribution in [0.3, 0.4) is 0 Å². The van der Waals surface area contributed by atoms with Crippen molar-refractivity contribution in [2.24, 2.45) is 0 Å². The molecule has 0 radical (unpaired) electrons. The van der Waals surface area contributed by atoms with Crippen molar-refractivity contribution in [3.05, 3.63) is 23.9 Å². The topological polar surface area (TPSA) is 56.8 Å². The molecule has 2 aliphatic heterocycles. The number of rotatable bonds is 4. The van der Waals surface area contributed by atoms with Gasteiger partial charge in [-0.15, -0.1) is 0 Å². The van der Waals surface area contributed by atoms with E-state index in [1.54, 1.807) is 9.80 Å². The molecule has 0 N–H and O–H groups in total. The number of hydrogen-bond donors (Lipinski definition) is 0. The summed E-state index contributed by atoms with van der Waals surface area (Å²) >= 11 is 1.27. The van der Waals surface area contributed by atoms with E-state index in [-0.39, 0.29) is 11.1 Å². The van der Waals surface area contributed by atoms with Gasteiger partial charge in [0.25, 0.3) is 5.24 Å². The Hall–Kier alpha value is -1.97. The van der Waals surface area contributed by atoms with Crippen molar-refractivity contribution in [1.29, 1.82) is 0 Å². The number of halogens is 3. The zero-order valence-electron chi connectivity index (χ0n) is 14.0. The summed E-state index contributed by atoms with van der Waals surface area (Å²) in [5, 5.41) is 0.0241. The van der Waals surface area contributed by atoms with Gasteiger partial charge in [0.05, 0.1) is 5.56 Å². The van der Waals surface area contributed by atoms with E-state index in [9.17, 15) is 22.8 Å². The molecule has 2 aliphatic rings. The van der Waals surface area contributed by atoms with Gasteiger partial charge in [-0.05, 0) is 12.1 Å². The summed E-state index contributed by atoms with van der Waals surface area (Å²) in [7, 11) is 0. The fourth-order valence-electron chi connectivity index (χ4n) is 2.94. The summed E-state index contributed by atoms with van der Waals surface area (Å²) in [5.74, 6) is 1.24. The third-order valence-electron chi connectivity index (χ3n) is 4.47. The molecule has 1 aromatic heterocycles. The second kappa shape index (κ2) is 7.73. The van der Waals surface area contributed by atoms with Gasteiger partial charge in [0.1, 0.15) is 5.82 Å². The number of alkyl halides is 3. The molecule has 142 valence electrons. The summed E-state index contributed by atoms with van der Waals surface area (Å²) in [4.78, 5) is 33.0. The van der Waals surface area contributed by atoms with Gasteiger partial charge in [0.2, 0.25) is 5.91 Å². The normalized spacial score (nSPS) is 18.6. The minimum atomic E-state index is -4.40. The number of pyridine rings is 1. The van der Waals surface area contributed by atoms with Gasteiger partial charge in [0.15, 0.2) is 0 Å². The van der Waals surface area contributed by atoms with Crippen LogP contribution in [-0.2, 0) is 11.0 Å². The highest BCUT2D eigenvalue weighted by molar-refractivity contribution is 8.13. The van der Waals surface area contributed by atoms with Gasteiger partial charge in [-0.25, -0.2) is 4.98 Å². The molecule has 0 bridgehead atoms. The standard InChI is InChI=1S/C16H19F3N4O2S/c17-16(18,19)12-1-2-13(20-11-12)21-5-7-22(8-6-21)14(24)3-4-23-9-10-26-15(23)25/h1-2,11H,3-10H2. The molecule has 2 saturated heterocycles. The number of aromatic nitrogens is 1. The van der Waals surface area contributed by atoms with Gasteiger partial charge >= 0.3 is 6.18 Å².